The molecule has 0 bridgehead atoms. The van der Waals surface area contributed by atoms with E-state index in [1.807, 2.05) is 79.6 Å². The molecule has 4 aromatic rings. The fourth-order valence-corrected chi connectivity index (χ4v) is 6.09. The highest BCUT2D eigenvalue weighted by Crippen LogP contribution is 2.34. The van der Waals surface area contributed by atoms with Crippen molar-refractivity contribution in [1.29, 1.82) is 0 Å². The number of rotatable bonds is 12. The van der Waals surface area contributed by atoms with Crippen LogP contribution in [0, 0.1) is 6.92 Å². The van der Waals surface area contributed by atoms with E-state index in [0.717, 1.165) is 34.8 Å². The molecule has 1 aliphatic rings. The molecule has 5 rings (SSSR count). The largest absolute Gasteiger partial charge is 0.494 e. The Morgan fingerprint density at radius 2 is 1.78 bits per heavy atom. The number of aryl methyl sites for hydroxylation is 1. The van der Waals surface area contributed by atoms with Gasteiger partial charge in [0.25, 0.3) is 5.91 Å². The number of aromatic nitrogens is 3. The van der Waals surface area contributed by atoms with Crippen LogP contribution in [0.5, 0.6) is 5.75 Å². The van der Waals surface area contributed by atoms with Crippen LogP contribution in [-0.2, 0) is 4.79 Å². The maximum absolute atomic E-state index is 12.7. The summed E-state index contributed by atoms with van der Waals surface area (Å²) in [7, 11) is -1.88. The lowest BCUT2D eigenvalue weighted by molar-refractivity contribution is -0.121. The molecule has 0 saturated heterocycles. The standard InChI is InChI=1S/C33H37ClN6O4Si/c1-4-35-30(41)20-28-32-39-38-21(2)40(32)29-16-13-25(19-27(29)31(37-28)22-7-11-24(34)12-8-22)44-18-6-5-17-36-33(42)23-9-14-26(15-10-23)45(3)43/h7-16,19,28,43,45H,4-6,17-18,20H2,1-3H3,(H,35,41)(H,36,42)/t28-,45?/m0/s1. The molecular weight excluding hydrogens is 608 g/mol. The lowest BCUT2D eigenvalue weighted by Crippen LogP contribution is -2.28. The van der Waals surface area contributed by atoms with E-state index in [0.29, 0.717) is 53.4 Å². The zero-order chi connectivity index (χ0) is 31.9. The minimum Gasteiger partial charge on any atom is -0.494 e. The SMILES string of the molecule is CCNC(=O)C[C@@H]1N=C(c2ccc(Cl)cc2)c2cc(OCCCCNC(=O)c3ccc([SiH](C)O)cc3)ccc2-n2c(C)nnc21. The van der Waals surface area contributed by atoms with Crippen molar-refractivity contribution in [2.75, 3.05) is 19.7 Å². The molecule has 0 fully saturated rings. The molecule has 0 aliphatic carbocycles. The second-order valence-electron chi connectivity index (χ2n) is 10.9. The van der Waals surface area contributed by atoms with Gasteiger partial charge < -0.3 is 20.2 Å². The molecule has 12 heteroatoms. The first-order valence-corrected chi connectivity index (χ1v) is 17.7. The van der Waals surface area contributed by atoms with Gasteiger partial charge in [0.1, 0.15) is 17.6 Å². The Morgan fingerprint density at radius 3 is 2.49 bits per heavy atom. The summed E-state index contributed by atoms with van der Waals surface area (Å²) in [6.45, 7) is 7.11. The lowest BCUT2D eigenvalue weighted by atomic mass is 10.00. The van der Waals surface area contributed by atoms with Crippen LogP contribution in [0.2, 0.25) is 11.6 Å². The topological polar surface area (TPSA) is 131 Å². The van der Waals surface area contributed by atoms with E-state index in [1.165, 1.54) is 0 Å². The summed E-state index contributed by atoms with van der Waals surface area (Å²) in [5.74, 6) is 1.71. The Balaban J connectivity index is 1.30. The predicted octanol–water partition coefficient (Wildman–Crippen LogP) is 3.79. The Hall–Kier alpha value is -4.32. The summed E-state index contributed by atoms with van der Waals surface area (Å²) in [5, 5.41) is 16.1. The van der Waals surface area contributed by atoms with Gasteiger partial charge in [-0.3, -0.25) is 19.1 Å². The van der Waals surface area contributed by atoms with Crippen LogP contribution in [0.15, 0.2) is 71.7 Å². The summed E-state index contributed by atoms with van der Waals surface area (Å²) in [5.41, 5.74) is 3.81. The third kappa shape index (κ3) is 7.67. The Labute approximate surface area is 269 Å². The second kappa shape index (κ2) is 14.6. The molecule has 2 amide bonds. The van der Waals surface area contributed by atoms with Gasteiger partial charge >= 0.3 is 0 Å². The van der Waals surface area contributed by atoms with Gasteiger partial charge in [-0.05, 0) is 80.9 Å². The highest BCUT2D eigenvalue weighted by molar-refractivity contribution is 6.64. The number of carbonyl (C=O) groups excluding carboxylic acids is 2. The number of nitrogens with one attached hydrogen (secondary N) is 2. The highest BCUT2D eigenvalue weighted by Gasteiger charge is 2.30. The van der Waals surface area contributed by atoms with Gasteiger partial charge in [-0.25, -0.2) is 0 Å². The van der Waals surface area contributed by atoms with Gasteiger partial charge in [-0.15, -0.1) is 10.2 Å². The van der Waals surface area contributed by atoms with Crippen molar-refractivity contribution in [2.45, 2.75) is 45.7 Å². The normalized spacial score (nSPS) is 14.4. The predicted molar refractivity (Wildman–Crippen MR) is 178 cm³/mol. The summed E-state index contributed by atoms with van der Waals surface area (Å²) < 4.78 is 8.11. The summed E-state index contributed by atoms with van der Waals surface area (Å²) in [6, 6.07) is 19.9. The van der Waals surface area contributed by atoms with Gasteiger partial charge in [0.2, 0.25) is 14.9 Å². The quantitative estimate of drug-likeness (QED) is 0.159. The number of unbranched alkanes of at least 4 members (excludes halogenated alkanes) is 1. The maximum Gasteiger partial charge on any atom is 0.251 e. The number of fused-ring (bicyclic) bond motifs is 3. The van der Waals surface area contributed by atoms with Crippen LogP contribution in [0.4, 0.5) is 0 Å². The minimum atomic E-state index is -1.88. The van der Waals surface area contributed by atoms with E-state index < -0.39 is 15.1 Å². The average Bonchev–Trinajstić information content (AvgIpc) is 3.36. The third-order valence-electron chi connectivity index (χ3n) is 7.55. The van der Waals surface area contributed by atoms with Crippen LogP contribution >= 0.6 is 11.6 Å². The maximum atomic E-state index is 12.7. The second-order valence-corrected chi connectivity index (χ2v) is 13.3. The summed E-state index contributed by atoms with van der Waals surface area (Å²) in [6.07, 6.45) is 1.62. The van der Waals surface area contributed by atoms with Gasteiger partial charge in [0.05, 0.1) is 24.4 Å². The molecule has 0 radical (unpaired) electrons. The van der Waals surface area contributed by atoms with Crippen LogP contribution in [0.1, 0.15) is 65.4 Å². The third-order valence-corrected chi connectivity index (χ3v) is 9.15. The number of hydrogen-bond donors (Lipinski definition) is 3. The fraction of sp³-hybridized carbons (Fsp3) is 0.303. The van der Waals surface area contributed by atoms with Gasteiger partial charge in [0, 0.05) is 34.8 Å². The van der Waals surface area contributed by atoms with Crippen molar-refractivity contribution < 1.29 is 19.1 Å². The molecule has 10 nitrogen and oxygen atoms in total. The van der Waals surface area contributed by atoms with Crippen LogP contribution in [0.3, 0.4) is 0 Å². The van der Waals surface area contributed by atoms with Gasteiger partial charge in [-0.1, -0.05) is 35.9 Å². The van der Waals surface area contributed by atoms with Crippen molar-refractivity contribution in [3.63, 3.8) is 0 Å². The molecule has 2 heterocycles. The lowest BCUT2D eigenvalue weighted by Gasteiger charge is -2.15. The number of amides is 2. The first-order chi connectivity index (χ1) is 21.7. The molecule has 2 atom stereocenters. The summed E-state index contributed by atoms with van der Waals surface area (Å²) >= 11 is 6.21. The Kier molecular flexibility index (Phi) is 10.4. The Morgan fingerprint density at radius 1 is 1.02 bits per heavy atom. The highest BCUT2D eigenvalue weighted by atomic mass is 35.5. The summed E-state index contributed by atoms with van der Waals surface area (Å²) in [4.78, 5) is 40.1. The fourth-order valence-electron chi connectivity index (χ4n) is 5.22. The first-order valence-electron chi connectivity index (χ1n) is 15.1. The minimum absolute atomic E-state index is 0.115. The number of halogens is 1. The van der Waals surface area contributed by atoms with E-state index >= 15 is 0 Å². The van der Waals surface area contributed by atoms with Crippen LogP contribution in [0.25, 0.3) is 5.69 Å². The Bertz CT molecular complexity index is 1690. The molecule has 45 heavy (non-hydrogen) atoms. The molecule has 3 aromatic carbocycles. The van der Waals surface area contributed by atoms with Crippen molar-refractivity contribution in [2.24, 2.45) is 4.99 Å². The van der Waals surface area contributed by atoms with Crippen LogP contribution in [-0.4, -0.2) is 65.8 Å². The van der Waals surface area contributed by atoms with E-state index in [-0.39, 0.29) is 18.2 Å². The van der Waals surface area contributed by atoms with Crippen molar-refractivity contribution in [1.82, 2.24) is 25.4 Å². The number of nitrogens with zero attached hydrogens (tertiary/aromatic N) is 4. The molecule has 1 unspecified atom stereocenters. The smallest absolute Gasteiger partial charge is 0.251 e. The van der Waals surface area contributed by atoms with Crippen LogP contribution < -0.4 is 20.6 Å². The number of hydrogen-bond acceptors (Lipinski definition) is 7. The first kappa shape index (κ1) is 32.1. The molecule has 1 aromatic heterocycles. The molecule has 0 saturated carbocycles. The van der Waals surface area contributed by atoms with Crippen molar-refractivity contribution >= 4 is 43.4 Å². The molecule has 3 N–H and O–H groups in total. The zero-order valence-corrected chi connectivity index (χ0v) is 27.5. The zero-order valence-electron chi connectivity index (χ0n) is 25.6. The molecular formula is C33H37ClN6O4Si. The average molecular weight is 645 g/mol. The molecule has 0 spiro atoms. The molecule has 1 aliphatic heterocycles. The molecule has 234 valence electrons. The number of carbonyl (C=O) groups is 2. The van der Waals surface area contributed by atoms with E-state index in [2.05, 4.69) is 20.8 Å². The number of benzene rings is 3. The van der Waals surface area contributed by atoms with E-state index in [1.54, 1.807) is 12.1 Å². The number of aliphatic imine (C=N–C) groups is 1. The monoisotopic (exact) mass is 644 g/mol. The van der Waals surface area contributed by atoms with Crippen molar-refractivity contribution in [3.8, 4) is 11.4 Å². The number of ether oxygens (including phenoxy) is 1. The van der Waals surface area contributed by atoms with Gasteiger partial charge in [0.15, 0.2) is 5.82 Å². The van der Waals surface area contributed by atoms with Gasteiger partial charge in [-0.2, -0.15) is 0 Å². The van der Waals surface area contributed by atoms with E-state index in [9.17, 15) is 14.4 Å². The van der Waals surface area contributed by atoms with Crippen molar-refractivity contribution in [3.05, 3.63) is 100 Å². The van der Waals surface area contributed by atoms with E-state index in [4.69, 9.17) is 21.3 Å².